The average molecular weight is 293 g/mol. The summed E-state index contributed by atoms with van der Waals surface area (Å²) in [7, 11) is -7.03. The molecule has 0 saturated heterocycles. The Morgan fingerprint density at radius 3 is 2.56 bits per heavy atom. The predicted octanol–water partition coefficient (Wildman–Crippen LogP) is -0.623. The third-order valence-electron chi connectivity index (χ3n) is 2.25. The van der Waals surface area contributed by atoms with Crippen LogP contribution in [-0.4, -0.2) is 39.9 Å². The Balaban J connectivity index is 2.76. The van der Waals surface area contributed by atoms with E-state index < -0.39 is 19.9 Å². The first-order valence-corrected chi connectivity index (χ1v) is 8.48. The van der Waals surface area contributed by atoms with Gasteiger partial charge in [-0.1, -0.05) is 6.92 Å². The van der Waals surface area contributed by atoms with Gasteiger partial charge in [0.1, 0.15) is 4.90 Å². The number of anilines is 1. The zero-order valence-corrected chi connectivity index (χ0v) is 11.5. The van der Waals surface area contributed by atoms with Crippen LogP contribution in [0.2, 0.25) is 0 Å². The molecule has 0 radical (unpaired) electrons. The van der Waals surface area contributed by atoms with Crippen LogP contribution in [0.1, 0.15) is 6.92 Å². The van der Waals surface area contributed by atoms with Gasteiger partial charge in [0.05, 0.1) is 11.4 Å². The molecule has 102 valence electrons. The van der Waals surface area contributed by atoms with E-state index in [1.54, 1.807) is 0 Å². The Bertz CT molecular complexity index is 610. The van der Waals surface area contributed by atoms with Gasteiger partial charge in [-0.15, -0.1) is 0 Å². The fourth-order valence-electron chi connectivity index (χ4n) is 1.17. The molecular formula is C9H15N3O4S2. The number of sulfonamides is 1. The van der Waals surface area contributed by atoms with Crippen LogP contribution < -0.4 is 10.5 Å². The van der Waals surface area contributed by atoms with Crippen molar-refractivity contribution in [2.45, 2.75) is 11.8 Å². The van der Waals surface area contributed by atoms with Crippen molar-refractivity contribution in [1.82, 2.24) is 9.71 Å². The van der Waals surface area contributed by atoms with E-state index in [-0.39, 0.29) is 28.6 Å². The second-order valence-electron chi connectivity index (χ2n) is 3.55. The standard InChI is InChI=1S/C9H15N3O4S2/c1-2-17(13,14)6-5-12-18(15,16)9-7-11-4-3-8(9)10/h3-4,7,12H,2,5-6H2,1H3,(H2,10,11). The lowest BCUT2D eigenvalue weighted by Gasteiger charge is -2.08. The van der Waals surface area contributed by atoms with Crippen molar-refractivity contribution in [1.29, 1.82) is 0 Å². The largest absolute Gasteiger partial charge is 0.398 e. The maximum absolute atomic E-state index is 11.8. The minimum absolute atomic E-state index is 0.0240. The summed E-state index contributed by atoms with van der Waals surface area (Å²) in [6, 6.07) is 1.36. The molecule has 0 aliphatic rings. The number of nitrogen functional groups attached to an aromatic ring is 1. The molecule has 0 aliphatic carbocycles. The lowest BCUT2D eigenvalue weighted by Crippen LogP contribution is -2.30. The summed E-state index contributed by atoms with van der Waals surface area (Å²) in [4.78, 5) is 3.51. The molecule has 0 bridgehead atoms. The zero-order chi connectivity index (χ0) is 13.8. The molecular weight excluding hydrogens is 278 g/mol. The van der Waals surface area contributed by atoms with E-state index in [1.165, 1.54) is 19.2 Å². The van der Waals surface area contributed by atoms with Crippen molar-refractivity contribution >= 4 is 25.5 Å². The Hall–Kier alpha value is -1.19. The second kappa shape index (κ2) is 5.63. The average Bonchev–Trinajstić information content (AvgIpc) is 2.29. The maximum atomic E-state index is 11.8. The number of nitrogens with one attached hydrogen (secondary N) is 1. The molecule has 0 aromatic carbocycles. The number of hydrogen-bond acceptors (Lipinski definition) is 6. The van der Waals surface area contributed by atoms with E-state index in [9.17, 15) is 16.8 Å². The van der Waals surface area contributed by atoms with E-state index in [0.29, 0.717) is 0 Å². The van der Waals surface area contributed by atoms with Gasteiger partial charge in [-0.2, -0.15) is 0 Å². The molecule has 18 heavy (non-hydrogen) atoms. The number of nitrogens with zero attached hydrogens (tertiary/aromatic N) is 1. The van der Waals surface area contributed by atoms with Crippen LogP contribution in [0.25, 0.3) is 0 Å². The monoisotopic (exact) mass is 293 g/mol. The first kappa shape index (κ1) is 14.9. The fraction of sp³-hybridized carbons (Fsp3) is 0.444. The summed E-state index contributed by atoms with van der Waals surface area (Å²) in [5.74, 6) is -0.271. The van der Waals surface area contributed by atoms with Gasteiger partial charge in [-0.05, 0) is 6.07 Å². The molecule has 1 aromatic rings. The van der Waals surface area contributed by atoms with Crippen molar-refractivity contribution < 1.29 is 16.8 Å². The van der Waals surface area contributed by atoms with E-state index in [1.807, 2.05) is 0 Å². The molecule has 0 atom stereocenters. The maximum Gasteiger partial charge on any atom is 0.244 e. The summed E-state index contributed by atoms with van der Waals surface area (Å²) < 4.78 is 48.2. The fourth-order valence-corrected chi connectivity index (χ4v) is 3.10. The van der Waals surface area contributed by atoms with Gasteiger partial charge in [-0.25, -0.2) is 21.6 Å². The molecule has 0 spiro atoms. The molecule has 1 rings (SSSR count). The smallest absolute Gasteiger partial charge is 0.244 e. The van der Waals surface area contributed by atoms with Crippen LogP contribution in [0, 0.1) is 0 Å². The number of hydrogen-bond donors (Lipinski definition) is 2. The number of rotatable bonds is 6. The Kier molecular flexibility index (Phi) is 4.65. The van der Waals surface area contributed by atoms with Gasteiger partial charge >= 0.3 is 0 Å². The number of nitrogens with two attached hydrogens (primary N) is 1. The Labute approximate surface area is 106 Å². The van der Waals surface area contributed by atoms with Gasteiger partial charge in [0, 0.05) is 24.7 Å². The number of pyridine rings is 1. The summed E-state index contributed by atoms with van der Waals surface area (Å²) in [5, 5.41) is 0. The van der Waals surface area contributed by atoms with Crippen LogP contribution in [0.4, 0.5) is 5.69 Å². The first-order valence-electron chi connectivity index (χ1n) is 5.18. The minimum Gasteiger partial charge on any atom is -0.398 e. The van der Waals surface area contributed by atoms with Gasteiger partial charge < -0.3 is 5.73 Å². The summed E-state index contributed by atoms with van der Waals surface area (Å²) in [6.45, 7) is 1.32. The molecule has 9 heteroatoms. The van der Waals surface area contributed by atoms with Crippen LogP contribution in [0.3, 0.4) is 0 Å². The van der Waals surface area contributed by atoms with E-state index in [2.05, 4.69) is 9.71 Å². The van der Waals surface area contributed by atoms with Crippen molar-refractivity contribution in [3.63, 3.8) is 0 Å². The SMILES string of the molecule is CCS(=O)(=O)CCNS(=O)(=O)c1cnccc1N. The van der Waals surface area contributed by atoms with E-state index >= 15 is 0 Å². The molecule has 1 heterocycles. The zero-order valence-electron chi connectivity index (χ0n) is 9.83. The second-order valence-corrected chi connectivity index (χ2v) is 7.76. The molecule has 0 fully saturated rings. The summed E-state index contributed by atoms with van der Waals surface area (Å²) in [6.07, 6.45) is 2.49. The van der Waals surface area contributed by atoms with E-state index in [0.717, 1.165) is 6.20 Å². The number of aromatic nitrogens is 1. The van der Waals surface area contributed by atoms with Crippen molar-refractivity contribution in [3.05, 3.63) is 18.5 Å². The molecule has 1 aromatic heterocycles. The van der Waals surface area contributed by atoms with Gasteiger partial charge in [0.2, 0.25) is 10.0 Å². The third kappa shape index (κ3) is 3.93. The molecule has 7 nitrogen and oxygen atoms in total. The Morgan fingerprint density at radius 2 is 2.00 bits per heavy atom. The first-order chi connectivity index (χ1) is 8.28. The number of sulfone groups is 1. The van der Waals surface area contributed by atoms with Crippen molar-refractivity contribution in [2.75, 3.05) is 23.8 Å². The van der Waals surface area contributed by atoms with Crippen molar-refractivity contribution in [2.24, 2.45) is 0 Å². The molecule has 3 N–H and O–H groups in total. The summed E-state index contributed by atoms with van der Waals surface area (Å²) in [5.41, 5.74) is 5.58. The van der Waals surface area contributed by atoms with Crippen LogP contribution in [0.5, 0.6) is 0 Å². The molecule has 0 unspecified atom stereocenters. The van der Waals surface area contributed by atoms with Gasteiger partial charge in [0.25, 0.3) is 0 Å². The molecule has 0 saturated carbocycles. The Morgan fingerprint density at radius 1 is 1.33 bits per heavy atom. The highest BCUT2D eigenvalue weighted by Gasteiger charge is 2.18. The lowest BCUT2D eigenvalue weighted by molar-refractivity contribution is 0.581. The lowest BCUT2D eigenvalue weighted by atomic mass is 10.4. The van der Waals surface area contributed by atoms with Gasteiger partial charge in [0.15, 0.2) is 9.84 Å². The summed E-state index contributed by atoms with van der Waals surface area (Å²) >= 11 is 0. The third-order valence-corrected chi connectivity index (χ3v) is 5.46. The van der Waals surface area contributed by atoms with Crippen LogP contribution in [0.15, 0.2) is 23.4 Å². The van der Waals surface area contributed by atoms with Gasteiger partial charge in [-0.3, -0.25) is 4.98 Å². The molecule has 0 aliphatic heterocycles. The highest BCUT2D eigenvalue weighted by molar-refractivity contribution is 7.91. The van der Waals surface area contributed by atoms with Crippen LogP contribution in [-0.2, 0) is 19.9 Å². The van der Waals surface area contributed by atoms with Crippen molar-refractivity contribution in [3.8, 4) is 0 Å². The predicted molar refractivity (Wildman–Crippen MR) is 68.2 cm³/mol. The van der Waals surface area contributed by atoms with E-state index in [4.69, 9.17) is 5.73 Å². The topological polar surface area (TPSA) is 119 Å². The highest BCUT2D eigenvalue weighted by Crippen LogP contribution is 2.14. The quantitative estimate of drug-likeness (QED) is 0.721. The van der Waals surface area contributed by atoms with Crippen LogP contribution >= 0.6 is 0 Å². The normalized spacial score (nSPS) is 12.5. The minimum atomic E-state index is -3.82. The highest BCUT2D eigenvalue weighted by atomic mass is 32.2. The molecule has 0 amide bonds.